The zero-order valence-electron chi connectivity index (χ0n) is 17.7. The van der Waals surface area contributed by atoms with E-state index in [9.17, 15) is 19.2 Å². The minimum atomic E-state index is -1.13. The summed E-state index contributed by atoms with van der Waals surface area (Å²) in [5.41, 5.74) is -0.759. The highest BCUT2D eigenvalue weighted by Gasteiger charge is 2.52. The summed E-state index contributed by atoms with van der Waals surface area (Å²) in [5.74, 6) is -1.78. The van der Waals surface area contributed by atoms with Crippen LogP contribution in [0.25, 0.3) is 0 Å². The third-order valence-corrected chi connectivity index (χ3v) is 6.10. The highest BCUT2D eigenvalue weighted by atomic mass is 33.1. The predicted molar refractivity (Wildman–Crippen MR) is 111 cm³/mol. The summed E-state index contributed by atoms with van der Waals surface area (Å²) in [7, 11) is 2.73. The maximum absolute atomic E-state index is 11.7. The SMILES string of the molecule is CC/C=C\CSS[C@@H]1OC(COC(C)=O)[C@@H](OC(C)=O)C(OC(C)=O)[C@@H]1OC(C)=O. The van der Waals surface area contributed by atoms with Gasteiger partial charge in [-0.1, -0.05) is 40.7 Å². The summed E-state index contributed by atoms with van der Waals surface area (Å²) in [5, 5.41) is 0. The lowest BCUT2D eigenvalue weighted by molar-refractivity contribution is -0.237. The van der Waals surface area contributed by atoms with Gasteiger partial charge < -0.3 is 23.7 Å². The molecule has 1 rings (SSSR count). The maximum atomic E-state index is 11.7. The van der Waals surface area contributed by atoms with Crippen molar-refractivity contribution < 1.29 is 42.9 Å². The molecule has 9 nitrogen and oxygen atoms in total. The standard InChI is InChI=1S/C19H28O9S2/c1-6-7-8-9-29-30-19-18(27-14(5)23)17(26-13(4)22)16(25-12(3)21)15(28-19)10-24-11(2)20/h7-8,15-19H,6,9-10H2,1-5H3/b8-7-/t15?,16-,17?,18+,19+/m1/s1. The molecule has 11 heteroatoms. The van der Waals surface area contributed by atoms with Gasteiger partial charge in [0.2, 0.25) is 0 Å². The summed E-state index contributed by atoms with van der Waals surface area (Å²) in [6, 6.07) is 0. The molecule has 0 radical (unpaired) electrons. The van der Waals surface area contributed by atoms with Crippen LogP contribution in [0.1, 0.15) is 41.0 Å². The Morgan fingerprint density at radius 1 is 0.833 bits per heavy atom. The quantitative estimate of drug-likeness (QED) is 0.156. The molecule has 0 amide bonds. The molecule has 0 aromatic heterocycles. The van der Waals surface area contributed by atoms with Crippen LogP contribution in [0.15, 0.2) is 12.2 Å². The van der Waals surface area contributed by atoms with Crippen LogP contribution >= 0.6 is 21.6 Å². The summed E-state index contributed by atoms with van der Waals surface area (Å²) in [6.07, 6.45) is 0.703. The molecule has 0 N–H and O–H groups in total. The van der Waals surface area contributed by atoms with Gasteiger partial charge in [-0.2, -0.15) is 0 Å². The first kappa shape index (κ1) is 26.3. The number of hydrogen-bond acceptors (Lipinski definition) is 11. The normalized spacial score (nSPS) is 26.1. The van der Waals surface area contributed by atoms with Crippen molar-refractivity contribution in [1.29, 1.82) is 0 Å². The van der Waals surface area contributed by atoms with Crippen LogP contribution in [0.3, 0.4) is 0 Å². The molecule has 0 spiro atoms. The second kappa shape index (κ2) is 13.6. The molecule has 0 aromatic carbocycles. The molecule has 1 heterocycles. The van der Waals surface area contributed by atoms with Gasteiger partial charge in [0.1, 0.15) is 12.7 Å². The fourth-order valence-corrected chi connectivity index (χ4v) is 4.92. The first-order valence-corrected chi connectivity index (χ1v) is 11.8. The Labute approximate surface area is 183 Å². The van der Waals surface area contributed by atoms with E-state index in [4.69, 9.17) is 23.7 Å². The van der Waals surface area contributed by atoms with Crippen molar-refractivity contribution in [3.05, 3.63) is 12.2 Å². The lowest BCUT2D eigenvalue weighted by Crippen LogP contribution is -2.61. The zero-order chi connectivity index (χ0) is 22.7. The fourth-order valence-electron chi connectivity index (χ4n) is 2.65. The molecule has 2 unspecified atom stereocenters. The van der Waals surface area contributed by atoms with E-state index in [1.165, 1.54) is 49.3 Å². The third-order valence-electron chi connectivity index (χ3n) is 3.68. The number of rotatable bonds is 10. The average Bonchev–Trinajstić information content (AvgIpc) is 2.63. The smallest absolute Gasteiger partial charge is 0.303 e. The molecule has 0 aliphatic carbocycles. The van der Waals surface area contributed by atoms with Crippen molar-refractivity contribution in [2.75, 3.05) is 12.4 Å². The largest absolute Gasteiger partial charge is 0.463 e. The average molecular weight is 465 g/mol. The molecule has 170 valence electrons. The third kappa shape index (κ3) is 9.40. The minimum absolute atomic E-state index is 0.227. The molecule has 1 fully saturated rings. The number of hydrogen-bond donors (Lipinski definition) is 0. The Kier molecular flexibility index (Phi) is 11.9. The van der Waals surface area contributed by atoms with E-state index in [2.05, 4.69) is 0 Å². The van der Waals surface area contributed by atoms with Gasteiger partial charge in [0, 0.05) is 33.4 Å². The number of esters is 4. The van der Waals surface area contributed by atoms with Crippen molar-refractivity contribution in [2.45, 2.75) is 70.9 Å². The van der Waals surface area contributed by atoms with Crippen molar-refractivity contribution in [3.63, 3.8) is 0 Å². The Bertz CT molecular complexity index is 637. The number of carbonyl (C=O) groups excluding carboxylic acids is 4. The number of ether oxygens (including phenoxy) is 5. The Morgan fingerprint density at radius 2 is 1.40 bits per heavy atom. The van der Waals surface area contributed by atoms with Gasteiger partial charge >= 0.3 is 23.9 Å². The maximum Gasteiger partial charge on any atom is 0.303 e. The van der Waals surface area contributed by atoms with E-state index in [1.807, 2.05) is 19.1 Å². The van der Waals surface area contributed by atoms with Gasteiger partial charge in [-0.25, -0.2) is 0 Å². The van der Waals surface area contributed by atoms with Gasteiger partial charge in [-0.15, -0.1) is 0 Å². The van der Waals surface area contributed by atoms with E-state index in [0.29, 0.717) is 5.75 Å². The Balaban J connectivity index is 3.17. The highest BCUT2D eigenvalue weighted by Crippen LogP contribution is 2.39. The monoisotopic (exact) mass is 464 g/mol. The summed E-state index contributed by atoms with van der Waals surface area (Å²) in [4.78, 5) is 46.4. The summed E-state index contributed by atoms with van der Waals surface area (Å²) in [6.45, 7) is 6.62. The van der Waals surface area contributed by atoms with E-state index in [1.54, 1.807) is 0 Å². The zero-order valence-corrected chi connectivity index (χ0v) is 19.3. The van der Waals surface area contributed by atoms with Crippen LogP contribution in [0, 0.1) is 0 Å². The van der Waals surface area contributed by atoms with Crippen LogP contribution in [-0.4, -0.2) is 66.1 Å². The molecule has 1 aliphatic rings. The van der Waals surface area contributed by atoms with E-state index in [0.717, 1.165) is 6.42 Å². The van der Waals surface area contributed by atoms with E-state index < -0.39 is 53.7 Å². The molecule has 0 aromatic rings. The second-order valence-electron chi connectivity index (χ2n) is 6.33. The van der Waals surface area contributed by atoms with Crippen LogP contribution in [0.5, 0.6) is 0 Å². The molecular weight excluding hydrogens is 436 g/mol. The summed E-state index contributed by atoms with van der Waals surface area (Å²) < 4.78 is 27.1. The highest BCUT2D eigenvalue weighted by molar-refractivity contribution is 8.76. The first-order chi connectivity index (χ1) is 14.1. The van der Waals surface area contributed by atoms with E-state index >= 15 is 0 Å². The second-order valence-corrected chi connectivity index (χ2v) is 8.84. The predicted octanol–water partition coefficient (Wildman–Crippen LogP) is 2.42. The first-order valence-electron chi connectivity index (χ1n) is 9.39. The topological polar surface area (TPSA) is 114 Å². The number of allylic oxidation sites excluding steroid dienone is 1. The molecule has 1 aliphatic heterocycles. The lowest BCUT2D eigenvalue weighted by Gasteiger charge is -2.43. The van der Waals surface area contributed by atoms with Crippen molar-refractivity contribution in [3.8, 4) is 0 Å². The Hall–Kier alpha value is -1.72. The fraction of sp³-hybridized carbons (Fsp3) is 0.684. The molecular formula is C19H28O9S2. The van der Waals surface area contributed by atoms with Crippen molar-refractivity contribution in [1.82, 2.24) is 0 Å². The van der Waals surface area contributed by atoms with Gasteiger partial charge in [0.25, 0.3) is 0 Å². The molecule has 0 bridgehead atoms. The Morgan fingerprint density at radius 3 is 1.93 bits per heavy atom. The van der Waals surface area contributed by atoms with Crippen LogP contribution in [-0.2, 0) is 42.9 Å². The molecule has 1 saturated heterocycles. The van der Waals surface area contributed by atoms with Gasteiger partial charge in [0.15, 0.2) is 23.7 Å². The molecule has 0 saturated carbocycles. The van der Waals surface area contributed by atoms with Crippen molar-refractivity contribution in [2.24, 2.45) is 0 Å². The summed E-state index contributed by atoms with van der Waals surface area (Å²) >= 11 is 0. The van der Waals surface area contributed by atoms with Gasteiger partial charge in [-0.3, -0.25) is 19.2 Å². The van der Waals surface area contributed by atoms with Crippen LogP contribution in [0.2, 0.25) is 0 Å². The minimum Gasteiger partial charge on any atom is -0.463 e. The van der Waals surface area contributed by atoms with Crippen LogP contribution in [0.4, 0.5) is 0 Å². The van der Waals surface area contributed by atoms with Crippen LogP contribution < -0.4 is 0 Å². The van der Waals surface area contributed by atoms with E-state index in [-0.39, 0.29) is 6.61 Å². The molecule has 30 heavy (non-hydrogen) atoms. The van der Waals surface area contributed by atoms with Crippen molar-refractivity contribution >= 4 is 45.5 Å². The van der Waals surface area contributed by atoms with Gasteiger partial charge in [0.05, 0.1) is 0 Å². The number of carbonyl (C=O) groups is 4. The van der Waals surface area contributed by atoms with Gasteiger partial charge in [-0.05, 0) is 6.42 Å². The molecule has 5 atom stereocenters. The lowest BCUT2D eigenvalue weighted by atomic mass is 9.99.